The van der Waals surface area contributed by atoms with Gasteiger partial charge in [-0.15, -0.1) is 11.8 Å². The number of benzene rings is 2. The first-order valence-corrected chi connectivity index (χ1v) is 7.85. The summed E-state index contributed by atoms with van der Waals surface area (Å²) < 4.78 is 0. The van der Waals surface area contributed by atoms with Crippen molar-refractivity contribution in [1.82, 2.24) is 0 Å². The van der Waals surface area contributed by atoms with Gasteiger partial charge in [0.2, 0.25) is 0 Å². The fourth-order valence-electron chi connectivity index (χ4n) is 2.00. The van der Waals surface area contributed by atoms with Crippen molar-refractivity contribution in [2.75, 3.05) is 6.26 Å². The zero-order valence-corrected chi connectivity index (χ0v) is 12.6. The molecule has 1 nitrogen and oxygen atoms in total. The van der Waals surface area contributed by atoms with Crippen molar-refractivity contribution in [3.05, 3.63) is 71.8 Å². The zero-order valence-electron chi connectivity index (χ0n) is 11.7. The van der Waals surface area contributed by atoms with Crippen LogP contribution in [0.5, 0.6) is 0 Å². The third kappa shape index (κ3) is 3.61. The Bertz CT molecular complexity index is 602. The van der Waals surface area contributed by atoms with Gasteiger partial charge in [-0.05, 0) is 17.9 Å². The van der Waals surface area contributed by atoms with Crippen LogP contribution < -0.4 is 0 Å². The lowest BCUT2D eigenvalue weighted by Crippen LogP contribution is -2.09. The quantitative estimate of drug-likeness (QED) is 0.570. The van der Waals surface area contributed by atoms with Gasteiger partial charge in [-0.25, -0.2) is 0 Å². The summed E-state index contributed by atoms with van der Waals surface area (Å²) in [7, 11) is 0. The molecule has 2 heteroatoms. The Balaban J connectivity index is 2.15. The number of allylic oxidation sites excluding steroid dienone is 1. The molecule has 0 bridgehead atoms. The number of Topliss-reactive ketones (excluding diaryl/α,β-unsaturated/α-hetero) is 1. The van der Waals surface area contributed by atoms with E-state index in [1.807, 2.05) is 79.9 Å². The molecule has 2 rings (SSSR count). The van der Waals surface area contributed by atoms with E-state index in [4.69, 9.17) is 0 Å². The van der Waals surface area contributed by atoms with Crippen LogP contribution in [0.3, 0.4) is 0 Å². The second-order valence-electron chi connectivity index (χ2n) is 4.62. The lowest BCUT2D eigenvalue weighted by Gasteiger charge is -2.09. The molecule has 0 radical (unpaired) electrons. The van der Waals surface area contributed by atoms with Crippen molar-refractivity contribution in [2.24, 2.45) is 5.92 Å². The van der Waals surface area contributed by atoms with E-state index in [-0.39, 0.29) is 11.7 Å². The number of hydrogen-bond donors (Lipinski definition) is 0. The molecule has 0 N–H and O–H groups in total. The smallest absolute Gasteiger partial charge is 0.170 e. The van der Waals surface area contributed by atoms with Crippen LogP contribution in [0.15, 0.2) is 65.6 Å². The number of ketones is 1. The van der Waals surface area contributed by atoms with Gasteiger partial charge < -0.3 is 0 Å². The summed E-state index contributed by atoms with van der Waals surface area (Å²) in [6.07, 6.45) is 5.97. The van der Waals surface area contributed by atoms with Crippen LogP contribution in [-0.4, -0.2) is 12.0 Å². The highest BCUT2D eigenvalue weighted by Crippen LogP contribution is 2.23. The summed E-state index contributed by atoms with van der Waals surface area (Å²) in [4.78, 5) is 13.5. The summed E-state index contributed by atoms with van der Waals surface area (Å²) in [5.41, 5.74) is 1.93. The molecule has 0 aromatic heterocycles. The van der Waals surface area contributed by atoms with E-state index in [1.54, 1.807) is 11.8 Å². The molecule has 2 aromatic rings. The molecule has 2 aromatic carbocycles. The highest BCUT2D eigenvalue weighted by molar-refractivity contribution is 7.98. The van der Waals surface area contributed by atoms with Gasteiger partial charge >= 0.3 is 0 Å². The summed E-state index contributed by atoms with van der Waals surface area (Å²) in [5, 5.41) is 0. The molecule has 0 heterocycles. The van der Waals surface area contributed by atoms with Crippen molar-refractivity contribution in [2.45, 2.75) is 11.8 Å². The van der Waals surface area contributed by atoms with Crippen molar-refractivity contribution >= 4 is 23.6 Å². The van der Waals surface area contributed by atoms with Crippen molar-refractivity contribution in [3.63, 3.8) is 0 Å². The lowest BCUT2D eigenvalue weighted by atomic mass is 9.98. The van der Waals surface area contributed by atoms with E-state index in [1.165, 1.54) is 0 Å². The molecule has 0 fully saturated rings. The number of thioether (sulfide) groups is 1. The minimum Gasteiger partial charge on any atom is -0.293 e. The first-order chi connectivity index (χ1) is 9.72. The summed E-state index contributed by atoms with van der Waals surface area (Å²) in [6.45, 7) is 1.94. The third-order valence-corrected chi connectivity index (χ3v) is 3.96. The van der Waals surface area contributed by atoms with Crippen LogP contribution in [0.2, 0.25) is 0 Å². The molecule has 0 spiro atoms. The Morgan fingerprint density at radius 3 is 2.40 bits per heavy atom. The van der Waals surface area contributed by atoms with Gasteiger partial charge in [0, 0.05) is 16.4 Å². The number of carbonyl (C=O) groups is 1. The molecule has 0 aliphatic carbocycles. The number of hydrogen-bond acceptors (Lipinski definition) is 2. The van der Waals surface area contributed by atoms with Gasteiger partial charge in [-0.1, -0.05) is 67.6 Å². The first-order valence-electron chi connectivity index (χ1n) is 6.63. The topological polar surface area (TPSA) is 17.1 Å². The Morgan fingerprint density at radius 1 is 1.05 bits per heavy atom. The van der Waals surface area contributed by atoms with Gasteiger partial charge in [0.05, 0.1) is 0 Å². The van der Waals surface area contributed by atoms with Gasteiger partial charge in [-0.2, -0.15) is 0 Å². The highest BCUT2D eigenvalue weighted by atomic mass is 32.2. The molecular formula is C18H18OS. The maximum Gasteiger partial charge on any atom is 0.170 e. The van der Waals surface area contributed by atoms with E-state index in [0.29, 0.717) is 0 Å². The number of rotatable bonds is 5. The first kappa shape index (κ1) is 14.6. The van der Waals surface area contributed by atoms with Crippen LogP contribution >= 0.6 is 11.8 Å². The second-order valence-corrected chi connectivity index (χ2v) is 5.47. The Labute approximate surface area is 124 Å². The third-order valence-electron chi connectivity index (χ3n) is 3.16. The SMILES string of the molecule is CSc1ccccc1C(=O)[C@@H](C)/C=C/c1ccccc1. The largest absolute Gasteiger partial charge is 0.293 e. The average molecular weight is 282 g/mol. The molecule has 0 aliphatic rings. The molecule has 0 unspecified atom stereocenters. The van der Waals surface area contributed by atoms with Crippen LogP contribution in [0.25, 0.3) is 6.08 Å². The van der Waals surface area contributed by atoms with E-state index in [9.17, 15) is 4.79 Å². The van der Waals surface area contributed by atoms with Crippen LogP contribution in [0, 0.1) is 5.92 Å². The predicted octanol–water partition coefficient (Wildman–Crippen LogP) is 4.94. The summed E-state index contributed by atoms with van der Waals surface area (Å²) in [6, 6.07) is 17.8. The van der Waals surface area contributed by atoms with Gasteiger partial charge in [0.15, 0.2) is 5.78 Å². The summed E-state index contributed by atoms with van der Waals surface area (Å²) >= 11 is 1.61. The molecular weight excluding hydrogens is 264 g/mol. The maximum absolute atomic E-state index is 12.5. The van der Waals surface area contributed by atoms with Crippen LogP contribution in [-0.2, 0) is 0 Å². The molecule has 1 atom stereocenters. The normalized spacial score (nSPS) is 12.5. The van der Waals surface area contributed by atoms with Crippen LogP contribution in [0.1, 0.15) is 22.8 Å². The standard InChI is InChI=1S/C18H18OS/c1-14(12-13-15-8-4-3-5-9-15)18(19)16-10-6-7-11-17(16)20-2/h3-14H,1-2H3/b13-12+/t14-/m0/s1. The molecule has 0 saturated heterocycles. The maximum atomic E-state index is 12.5. The van der Waals surface area contributed by atoms with E-state index < -0.39 is 0 Å². The minimum absolute atomic E-state index is 0.122. The van der Waals surface area contributed by atoms with E-state index in [0.717, 1.165) is 16.0 Å². The van der Waals surface area contributed by atoms with Gasteiger partial charge in [0.25, 0.3) is 0 Å². The molecule has 0 aliphatic heterocycles. The number of carbonyl (C=O) groups excluding carboxylic acids is 1. The molecule has 0 amide bonds. The highest BCUT2D eigenvalue weighted by Gasteiger charge is 2.15. The zero-order chi connectivity index (χ0) is 14.4. The Morgan fingerprint density at radius 2 is 1.70 bits per heavy atom. The monoisotopic (exact) mass is 282 g/mol. The molecule has 102 valence electrons. The molecule has 0 saturated carbocycles. The van der Waals surface area contributed by atoms with Crippen LogP contribution in [0.4, 0.5) is 0 Å². The Kier molecular flexibility index (Phi) is 5.19. The van der Waals surface area contributed by atoms with Gasteiger partial charge in [-0.3, -0.25) is 4.79 Å². The summed E-state index contributed by atoms with van der Waals surface area (Å²) in [5.74, 6) is 0.0469. The predicted molar refractivity (Wildman–Crippen MR) is 87.2 cm³/mol. The minimum atomic E-state index is -0.122. The van der Waals surface area contributed by atoms with E-state index >= 15 is 0 Å². The fourth-order valence-corrected chi connectivity index (χ4v) is 2.60. The fraction of sp³-hybridized carbons (Fsp3) is 0.167. The van der Waals surface area contributed by atoms with Crippen molar-refractivity contribution in [1.29, 1.82) is 0 Å². The molecule has 20 heavy (non-hydrogen) atoms. The van der Waals surface area contributed by atoms with Gasteiger partial charge in [0.1, 0.15) is 0 Å². The average Bonchev–Trinajstić information content (AvgIpc) is 2.52. The van der Waals surface area contributed by atoms with Crippen molar-refractivity contribution in [3.8, 4) is 0 Å². The van der Waals surface area contributed by atoms with Crippen molar-refractivity contribution < 1.29 is 4.79 Å². The lowest BCUT2D eigenvalue weighted by molar-refractivity contribution is 0.0950. The second kappa shape index (κ2) is 7.11. The Hall–Kier alpha value is -1.80. The van der Waals surface area contributed by atoms with E-state index in [2.05, 4.69) is 0 Å².